The topological polar surface area (TPSA) is 71.6 Å². The quantitative estimate of drug-likeness (QED) is 0.396. The number of ether oxygens (including phenoxy) is 1. The van der Waals surface area contributed by atoms with Gasteiger partial charge in [0.15, 0.2) is 0 Å². The molecule has 1 aromatic heterocycles. The summed E-state index contributed by atoms with van der Waals surface area (Å²) in [6.45, 7) is 3.31. The summed E-state index contributed by atoms with van der Waals surface area (Å²) in [5.41, 5.74) is 9.19. The number of aliphatic hydroxyl groups excluding tert-OH is 1. The van der Waals surface area contributed by atoms with Crippen LogP contribution in [0.2, 0.25) is 0 Å². The molecule has 0 saturated carbocycles. The van der Waals surface area contributed by atoms with E-state index >= 15 is 4.39 Å². The minimum Gasteiger partial charge on any atom is -0.497 e. The number of pyridine rings is 1. The number of methoxy groups -OCH3 is 1. The zero-order chi connectivity index (χ0) is 24.7. The Labute approximate surface area is 208 Å². The normalized spacial score (nSPS) is 16.9. The van der Waals surface area contributed by atoms with Crippen LogP contribution in [0.1, 0.15) is 55.0 Å². The highest BCUT2D eigenvalue weighted by Crippen LogP contribution is 2.41. The first-order valence-corrected chi connectivity index (χ1v) is 12.7. The summed E-state index contributed by atoms with van der Waals surface area (Å²) in [4.78, 5) is 6.94. The van der Waals surface area contributed by atoms with E-state index < -0.39 is 6.17 Å². The van der Waals surface area contributed by atoms with Crippen LogP contribution in [0.3, 0.4) is 0 Å². The second kappa shape index (κ2) is 11.9. The van der Waals surface area contributed by atoms with Gasteiger partial charge in [0.05, 0.1) is 12.6 Å². The van der Waals surface area contributed by atoms with Gasteiger partial charge in [-0.2, -0.15) is 0 Å². The van der Waals surface area contributed by atoms with E-state index in [1.807, 2.05) is 18.2 Å². The summed E-state index contributed by atoms with van der Waals surface area (Å²) in [6, 6.07) is 16.1. The molecule has 5 nitrogen and oxygen atoms in total. The number of aliphatic hydroxyl groups is 1. The molecule has 3 aromatic rings. The number of aromatic nitrogens is 1. The van der Waals surface area contributed by atoms with Gasteiger partial charge in [-0.1, -0.05) is 30.3 Å². The van der Waals surface area contributed by atoms with Gasteiger partial charge in [0.25, 0.3) is 0 Å². The molecule has 1 fully saturated rings. The van der Waals surface area contributed by atoms with Crippen molar-refractivity contribution in [2.24, 2.45) is 11.1 Å². The van der Waals surface area contributed by atoms with Crippen LogP contribution in [0.25, 0.3) is 10.9 Å². The Balaban J connectivity index is 1.36. The number of hydrogen-bond acceptors (Lipinski definition) is 5. The van der Waals surface area contributed by atoms with Gasteiger partial charge < -0.3 is 20.5 Å². The van der Waals surface area contributed by atoms with E-state index in [1.54, 1.807) is 13.3 Å². The molecule has 1 aliphatic rings. The van der Waals surface area contributed by atoms with Crippen molar-refractivity contribution in [3.05, 3.63) is 71.4 Å². The lowest BCUT2D eigenvalue weighted by Gasteiger charge is -2.41. The second-order valence-electron chi connectivity index (χ2n) is 9.88. The molecule has 35 heavy (non-hydrogen) atoms. The van der Waals surface area contributed by atoms with Crippen molar-refractivity contribution in [2.45, 2.75) is 51.2 Å². The maximum absolute atomic E-state index is 15.8. The maximum atomic E-state index is 15.8. The molecule has 0 aliphatic carbocycles. The lowest BCUT2D eigenvalue weighted by atomic mass is 9.74. The van der Waals surface area contributed by atoms with E-state index in [0.29, 0.717) is 24.2 Å². The van der Waals surface area contributed by atoms with Crippen LogP contribution in [0.5, 0.6) is 5.75 Å². The van der Waals surface area contributed by atoms with Crippen LogP contribution < -0.4 is 10.5 Å². The standard InChI is InChI=1S/C29H38FN3O2/c1-35-24-9-10-27-25(18-24)28(23(19-31)20-32-27)26(30)11-12-29(21-34)13-16-33(17-14-29)15-5-8-22-6-3-2-4-7-22/h2-4,6-7,9-10,18,20,26,34H,5,8,11-17,19,21,31H2,1H3. The Morgan fingerprint density at radius 1 is 1.17 bits per heavy atom. The summed E-state index contributed by atoms with van der Waals surface area (Å²) in [5.74, 6) is 0.674. The Kier molecular flexibility index (Phi) is 8.71. The van der Waals surface area contributed by atoms with Gasteiger partial charge in [-0.3, -0.25) is 4.98 Å². The largest absolute Gasteiger partial charge is 0.497 e. The minimum absolute atomic E-state index is 0.103. The lowest BCUT2D eigenvalue weighted by Crippen LogP contribution is -2.42. The van der Waals surface area contributed by atoms with Gasteiger partial charge >= 0.3 is 0 Å². The molecule has 3 N–H and O–H groups in total. The average Bonchev–Trinajstić information content (AvgIpc) is 2.92. The molecule has 6 heteroatoms. The molecule has 1 atom stereocenters. The van der Waals surface area contributed by atoms with E-state index in [9.17, 15) is 5.11 Å². The van der Waals surface area contributed by atoms with Crippen LogP contribution in [0.15, 0.2) is 54.7 Å². The summed E-state index contributed by atoms with van der Waals surface area (Å²) < 4.78 is 21.2. The Hall–Kier alpha value is -2.54. The molecular weight excluding hydrogens is 441 g/mol. The molecule has 0 radical (unpaired) electrons. The lowest BCUT2D eigenvalue weighted by molar-refractivity contribution is 0.0300. The highest BCUT2D eigenvalue weighted by molar-refractivity contribution is 5.85. The number of aryl methyl sites for hydroxylation is 1. The predicted molar refractivity (Wildman–Crippen MR) is 139 cm³/mol. The van der Waals surface area contributed by atoms with Gasteiger partial charge in [0.2, 0.25) is 0 Å². The first-order chi connectivity index (χ1) is 17.1. The first kappa shape index (κ1) is 25.5. The average molecular weight is 480 g/mol. The molecule has 2 heterocycles. The van der Waals surface area contributed by atoms with Crippen molar-refractivity contribution >= 4 is 10.9 Å². The number of benzene rings is 2. The molecule has 4 rings (SSSR count). The van der Waals surface area contributed by atoms with Gasteiger partial charge in [0, 0.05) is 30.3 Å². The van der Waals surface area contributed by atoms with E-state index in [-0.39, 0.29) is 18.6 Å². The zero-order valence-corrected chi connectivity index (χ0v) is 20.8. The second-order valence-corrected chi connectivity index (χ2v) is 9.88. The Morgan fingerprint density at radius 3 is 2.63 bits per heavy atom. The molecule has 2 aromatic carbocycles. The third kappa shape index (κ3) is 6.18. The fourth-order valence-corrected chi connectivity index (χ4v) is 5.36. The number of likely N-dealkylation sites (tertiary alicyclic amines) is 1. The molecule has 0 amide bonds. The van der Waals surface area contributed by atoms with E-state index in [0.717, 1.165) is 61.8 Å². The minimum atomic E-state index is -1.17. The Morgan fingerprint density at radius 2 is 1.94 bits per heavy atom. The highest BCUT2D eigenvalue weighted by Gasteiger charge is 2.35. The number of piperidine rings is 1. The van der Waals surface area contributed by atoms with Gasteiger partial charge in [-0.15, -0.1) is 0 Å². The molecule has 1 saturated heterocycles. The monoisotopic (exact) mass is 479 g/mol. The third-order valence-corrected chi connectivity index (χ3v) is 7.70. The van der Waals surface area contributed by atoms with E-state index in [4.69, 9.17) is 10.5 Å². The third-order valence-electron chi connectivity index (χ3n) is 7.70. The number of hydrogen-bond donors (Lipinski definition) is 2. The fraction of sp³-hybridized carbons (Fsp3) is 0.483. The smallest absolute Gasteiger partial charge is 0.126 e. The van der Waals surface area contributed by atoms with Crippen LogP contribution >= 0.6 is 0 Å². The van der Waals surface area contributed by atoms with Gasteiger partial charge in [-0.05, 0) is 92.9 Å². The molecule has 1 unspecified atom stereocenters. The molecule has 188 valence electrons. The number of fused-ring (bicyclic) bond motifs is 1. The van der Waals surface area contributed by atoms with Gasteiger partial charge in [0.1, 0.15) is 11.9 Å². The van der Waals surface area contributed by atoms with Crippen molar-refractivity contribution in [3.63, 3.8) is 0 Å². The van der Waals surface area contributed by atoms with Crippen LogP contribution in [-0.4, -0.2) is 48.3 Å². The van der Waals surface area contributed by atoms with E-state index in [2.05, 4.69) is 40.2 Å². The number of halogens is 1. The number of rotatable bonds is 11. The summed E-state index contributed by atoms with van der Waals surface area (Å²) in [7, 11) is 1.60. The Bertz CT molecular complexity index is 1080. The predicted octanol–water partition coefficient (Wildman–Crippen LogP) is 5.20. The van der Waals surface area contributed by atoms with Crippen molar-refractivity contribution < 1.29 is 14.2 Å². The summed E-state index contributed by atoms with van der Waals surface area (Å²) >= 11 is 0. The molecule has 0 bridgehead atoms. The van der Waals surface area contributed by atoms with Crippen molar-refractivity contribution in [1.82, 2.24) is 9.88 Å². The van der Waals surface area contributed by atoms with Crippen LogP contribution in [0.4, 0.5) is 4.39 Å². The fourth-order valence-electron chi connectivity index (χ4n) is 5.36. The summed E-state index contributed by atoms with van der Waals surface area (Å²) in [6.07, 6.45) is 5.54. The molecule has 1 aliphatic heterocycles. The number of alkyl halides is 1. The number of nitrogens with zero attached hydrogens (tertiary/aromatic N) is 2. The SMILES string of the molecule is COc1ccc2ncc(CN)c(C(F)CCC3(CO)CCN(CCCc4ccccc4)CC3)c2c1. The zero-order valence-electron chi connectivity index (χ0n) is 20.8. The first-order valence-electron chi connectivity index (χ1n) is 12.7. The maximum Gasteiger partial charge on any atom is 0.126 e. The summed E-state index contributed by atoms with van der Waals surface area (Å²) in [5, 5.41) is 11.0. The van der Waals surface area contributed by atoms with Gasteiger partial charge in [-0.25, -0.2) is 4.39 Å². The van der Waals surface area contributed by atoms with Crippen LogP contribution in [0, 0.1) is 5.41 Å². The highest BCUT2D eigenvalue weighted by atomic mass is 19.1. The van der Waals surface area contributed by atoms with Crippen molar-refractivity contribution in [2.75, 3.05) is 33.4 Å². The van der Waals surface area contributed by atoms with Crippen molar-refractivity contribution in [1.29, 1.82) is 0 Å². The number of nitrogens with two attached hydrogens (primary N) is 1. The molecular formula is C29H38FN3O2. The van der Waals surface area contributed by atoms with Crippen LogP contribution in [-0.2, 0) is 13.0 Å². The molecule has 0 spiro atoms. The van der Waals surface area contributed by atoms with Crippen molar-refractivity contribution in [3.8, 4) is 5.75 Å². The van der Waals surface area contributed by atoms with E-state index in [1.165, 1.54) is 5.56 Å².